The van der Waals surface area contributed by atoms with E-state index in [-0.39, 0.29) is 12.2 Å². The number of ether oxygens (including phenoxy) is 1. The van der Waals surface area contributed by atoms with Gasteiger partial charge in [0.05, 0.1) is 12.6 Å². The van der Waals surface area contributed by atoms with Crippen LogP contribution in [-0.4, -0.2) is 47.7 Å². The van der Waals surface area contributed by atoms with Crippen LogP contribution in [0.2, 0.25) is 0 Å². The number of carbonyl (C=O) groups is 1. The molecule has 1 aliphatic heterocycles. The number of nitrogens with zero attached hydrogens (tertiary/aromatic N) is 2. The zero-order valence-electron chi connectivity index (χ0n) is 21.2. The third-order valence-electron chi connectivity index (χ3n) is 7.62. The predicted octanol–water partition coefficient (Wildman–Crippen LogP) is 6.14. The third-order valence-corrected chi connectivity index (χ3v) is 7.62. The zero-order valence-corrected chi connectivity index (χ0v) is 21.2. The van der Waals surface area contributed by atoms with E-state index in [2.05, 4.69) is 22.0 Å². The van der Waals surface area contributed by atoms with E-state index in [1.54, 1.807) is 7.11 Å². The molecule has 1 aliphatic rings. The quantitative estimate of drug-likeness (QED) is 0.329. The Kier molecular flexibility index (Phi) is 9.29. The largest absolute Gasteiger partial charge is 0.497 e. The van der Waals surface area contributed by atoms with E-state index in [0.717, 1.165) is 86.8 Å². The number of piperidine rings is 1. The lowest BCUT2D eigenvalue weighted by Crippen LogP contribution is -2.41. The number of likely N-dealkylation sites (tertiary alicyclic amines) is 1. The Bertz CT molecular complexity index is 1130. The van der Waals surface area contributed by atoms with Gasteiger partial charge in [-0.15, -0.1) is 0 Å². The smallest absolute Gasteiger partial charge is 0.303 e. The van der Waals surface area contributed by atoms with Gasteiger partial charge in [-0.3, -0.25) is 9.78 Å². The highest BCUT2D eigenvalue weighted by atomic mass is 19.1. The Balaban J connectivity index is 1.31. The average molecular weight is 493 g/mol. The van der Waals surface area contributed by atoms with E-state index in [1.807, 2.05) is 30.5 Å². The van der Waals surface area contributed by atoms with Crippen LogP contribution in [0.4, 0.5) is 4.39 Å². The first kappa shape index (κ1) is 26.1. The fourth-order valence-corrected chi connectivity index (χ4v) is 5.61. The molecule has 2 atom stereocenters. The Morgan fingerprint density at radius 2 is 1.92 bits per heavy atom. The van der Waals surface area contributed by atoms with Crippen molar-refractivity contribution in [1.82, 2.24) is 9.88 Å². The molecule has 0 aliphatic carbocycles. The molecule has 0 bridgehead atoms. The van der Waals surface area contributed by atoms with Crippen molar-refractivity contribution in [2.45, 2.75) is 51.4 Å². The molecule has 2 aromatic carbocycles. The lowest BCUT2D eigenvalue weighted by atomic mass is 9.79. The number of aryl methyl sites for hydroxylation is 2. The van der Waals surface area contributed by atoms with Crippen molar-refractivity contribution in [3.8, 4) is 5.75 Å². The molecule has 1 aromatic heterocycles. The Labute approximate surface area is 213 Å². The molecular formula is C30H37FN2O3. The first-order chi connectivity index (χ1) is 17.5. The first-order valence-corrected chi connectivity index (χ1v) is 13.1. The molecule has 1 fully saturated rings. The second-order valence-electron chi connectivity index (χ2n) is 10.0. The van der Waals surface area contributed by atoms with Crippen LogP contribution in [0.5, 0.6) is 5.75 Å². The van der Waals surface area contributed by atoms with Crippen LogP contribution < -0.4 is 4.74 Å². The average Bonchev–Trinajstić information content (AvgIpc) is 2.89. The lowest BCUT2D eigenvalue weighted by molar-refractivity contribution is -0.137. The minimum Gasteiger partial charge on any atom is -0.497 e. The maximum Gasteiger partial charge on any atom is 0.303 e. The van der Waals surface area contributed by atoms with Gasteiger partial charge in [-0.1, -0.05) is 12.1 Å². The van der Waals surface area contributed by atoms with Crippen LogP contribution in [-0.2, 0) is 17.6 Å². The van der Waals surface area contributed by atoms with Crippen molar-refractivity contribution in [2.24, 2.45) is 11.8 Å². The van der Waals surface area contributed by atoms with Gasteiger partial charge < -0.3 is 14.7 Å². The highest BCUT2D eigenvalue weighted by molar-refractivity contribution is 5.83. The zero-order chi connectivity index (χ0) is 25.3. The van der Waals surface area contributed by atoms with Crippen LogP contribution in [0.15, 0.2) is 54.7 Å². The summed E-state index contributed by atoms with van der Waals surface area (Å²) >= 11 is 0. The number of aromatic nitrogens is 1. The van der Waals surface area contributed by atoms with Crippen LogP contribution >= 0.6 is 0 Å². The maximum absolute atomic E-state index is 13.1. The number of pyridine rings is 1. The molecule has 0 amide bonds. The number of carboxylic acid groups (broad SMARTS) is 1. The summed E-state index contributed by atoms with van der Waals surface area (Å²) in [5.41, 5.74) is 3.44. The molecule has 1 saturated heterocycles. The summed E-state index contributed by atoms with van der Waals surface area (Å²) in [6.45, 7) is 3.03. The molecule has 6 heteroatoms. The highest BCUT2D eigenvalue weighted by Crippen LogP contribution is 2.32. The molecule has 4 rings (SSSR count). The normalized spacial score (nSPS) is 18.4. The number of aliphatic carboxylic acids is 1. The fraction of sp³-hybridized carbons (Fsp3) is 0.467. The van der Waals surface area contributed by atoms with Crippen LogP contribution in [0.25, 0.3) is 10.9 Å². The molecular weight excluding hydrogens is 455 g/mol. The summed E-state index contributed by atoms with van der Waals surface area (Å²) in [6.07, 6.45) is 9.11. The van der Waals surface area contributed by atoms with Crippen molar-refractivity contribution in [1.29, 1.82) is 0 Å². The Hall–Kier alpha value is -2.99. The minimum absolute atomic E-state index is 0.195. The lowest BCUT2D eigenvalue weighted by Gasteiger charge is -2.39. The van der Waals surface area contributed by atoms with Gasteiger partial charge in [-0.2, -0.15) is 0 Å². The molecule has 0 saturated carbocycles. The highest BCUT2D eigenvalue weighted by Gasteiger charge is 2.29. The number of fused-ring (bicyclic) bond motifs is 1. The van der Waals surface area contributed by atoms with Crippen LogP contribution in [0.1, 0.15) is 49.7 Å². The number of halogens is 1. The van der Waals surface area contributed by atoms with Crippen LogP contribution in [0.3, 0.4) is 0 Å². The molecule has 36 heavy (non-hydrogen) atoms. The van der Waals surface area contributed by atoms with Gasteiger partial charge in [0.15, 0.2) is 0 Å². The van der Waals surface area contributed by atoms with E-state index in [4.69, 9.17) is 4.74 Å². The summed E-state index contributed by atoms with van der Waals surface area (Å²) in [5, 5.41) is 10.4. The van der Waals surface area contributed by atoms with Crippen molar-refractivity contribution in [3.63, 3.8) is 0 Å². The monoisotopic (exact) mass is 492 g/mol. The van der Waals surface area contributed by atoms with Gasteiger partial charge in [-0.25, -0.2) is 4.39 Å². The number of hydrogen-bond donors (Lipinski definition) is 1. The Morgan fingerprint density at radius 1 is 1.08 bits per heavy atom. The van der Waals surface area contributed by atoms with E-state index >= 15 is 0 Å². The van der Waals surface area contributed by atoms with Crippen LogP contribution in [0, 0.1) is 17.7 Å². The Morgan fingerprint density at radius 3 is 2.69 bits per heavy atom. The SMILES string of the molecule is COc1ccc2nccc(CCCC3CCN(CCCc4ccc(F)cc4)CC3CCC(=O)O)c2c1. The van der Waals surface area contributed by atoms with Gasteiger partial charge in [-0.05, 0) is 117 Å². The van der Waals surface area contributed by atoms with Gasteiger partial charge >= 0.3 is 5.97 Å². The van der Waals surface area contributed by atoms with Gasteiger partial charge in [0.2, 0.25) is 0 Å². The topological polar surface area (TPSA) is 62.7 Å². The summed E-state index contributed by atoms with van der Waals surface area (Å²) in [5.74, 6) is 0.908. The standard InChI is InChI=1S/C30H37FN2O3/c1-36-27-12-13-29-28(20-27)24(15-17-32-29)6-2-5-23-16-19-33(21-25(23)9-14-30(34)35)18-3-4-22-7-10-26(31)11-8-22/h7-8,10-13,15,17,20,23,25H,2-6,9,14,16,18-19,21H2,1H3,(H,34,35). The summed E-state index contributed by atoms with van der Waals surface area (Å²) in [4.78, 5) is 18.3. The van der Waals surface area contributed by atoms with Gasteiger partial charge in [0, 0.05) is 24.5 Å². The van der Waals surface area contributed by atoms with Crippen molar-refractivity contribution in [3.05, 3.63) is 71.7 Å². The molecule has 3 aromatic rings. The fourth-order valence-electron chi connectivity index (χ4n) is 5.61. The summed E-state index contributed by atoms with van der Waals surface area (Å²) in [7, 11) is 1.68. The van der Waals surface area contributed by atoms with Gasteiger partial charge in [0.25, 0.3) is 0 Å². The van der Waals surface area contributed by atoms with E-state index in [0.29, 0.717) is 11.8 Å². The molecule has 1 N–H and O–H groups in total. The van der Waals surface area contributed by atoms with Crippen molar-refractivity contribution in [2.75, 3.05) is 26.7 Å². The number of methoxy groups -OCH3 is 1. The van der Waals surface area contributed by atoms with Gasteiger partial charge in [0.1, 0.15) is 11.6 Å². The predicted molar refractivity (Wildman–Crippen MR) is 141 cm³/mol. The minimum atomic E-state index is -0.709. The third kappa shape index (κ3) is 7.26. The summed E-state index contributed by atoms with van der Waals surface area (Å²) < 4.78 is 18.5. The maximum atomic E-state index is 13.1. The molecule has 2 unspecified atom stereocenters. The number of carboxylic acids is 1. The molecule has 5 nitrogen and oxygen atoms in total. The second kappa shape index (κ2) is 12.8. The summed E-state index contributed by atoms with van der Waals surface area (Å²) in [6, 6.07) is 14.9. The second-order valence-corrected chi connectivity index (χ2v) is 10.0. The number of rotatable bonds is 12. The molecule has 2 heterocycles. The van der Waals surface area contributed by atoms with E-state index < -0.39 is 5.97 Å². The first-order valence-electron chi connectivity index (χ1n) is 13.1. The van der Waals surface area contributed by atoms with Crippen molar-refractivity contribution < 1.29 is 19.0 Å². The van der Waals surface area contributed by atoms with E-state index in [1.165, 1.54) is 17.7 Å². The molecule has 192 valence electrons. The number of benzene rings is 2. The number of hydrogen-bond acceptors (Lipinski definition) is 4. The molecule has 0 spiro atoms. The van der Waals surface area contributed by atoms with E-state index in [9.17, 15) is 14.3 Å². The van der Waals surface area contributed by atoms with Crippen molar-refractivity contribution >= 4 is 16.9 Å². The molecule has 0 radical (unpaired) electrons.